The average Bonchev–Trinajstić information content (AvgIpc) is 2.80. The predicted octanol–water partition coefficient (Wildman–Crippen LogP) is 5.25. The van der Waals surface area contributed by atoms with Crippen molar-refractivity contribution in [1.82, 2.24) is 0 Å². The molecular weight excluding hydrogens is 372 g/mol. The van der Waals surface area contributed by atoms with Gasteiger partial charge in [0.1, 0.15) is 6.61 Å². The first-order chi connectivity index (χ1) is 14.7. The first-order valence-electron chi connectivity index (χ1n) is 9.81. The Morgan fingerprint density at radius 1 is 0.767 bits per heavy atom. The SMILES string of the molecule is O=C1OCC(C=C(c2ccccc2)c2ccccc2)=C2C(=O)c3ccccc3C=C12. The maximum atomic E-state index is 13.3. The minimum atomic E-state index is -0.453. The molecular formula is C27H18O3. The number of ether oxygens (including phenoxy) is 1. The van der Waals surface area contributed by atoms with Crippen LogP contribution >= 0.6 is 0 Å². The van der Waals surface area contributed by atoms with Crippen molar-refractivity contribution in [2.75, 3.05) is 6.61 Å². The van der Waals surface area contributed by atoms with Gasteiger partial charge in [0, 0.05) is 16.7 Å². The fourth-order valence-electron chi connectivity index (χ4n) is 3.94. The van der Waals surface area contributed by atoms with Crippen LogP contribution in [0.25, 0.3) is 11.6 Å². The summed E-state index contributed by atoms with van der Waals surface area (Å²) in [6.07, 6.45) is 3.73. The Morgan fingerprint density at radius 3 is 2.03 bits per heavy atom. The molecule has 144 valence electrons. The molecule has 1 aliphatic heterocycles. The van der Waals surface area contributed by atoms with E-state index in [0.717, 1.165) is 22.3 Å². The van der Waals surface area contributed by atoms with Crippen LogP contribution in [0.4, 0.5) is 0 Å². The molecule has 0 bridgehead atoms. The highest BCUT2D eigenvalue weighted by atomic mass is 16.5. The number of carbonyl (C=O) groups is 2. The van der Waals surface area contributed by atoms with Gasteiger partial charge in [0.05, 0.1) is 5.57 Å². The number of ketones is 1. The van der Waals surface area contributed by atoms with Crippen LogP contribution in [0, 0.1) is 0 Å². The van der Waals surface area contributed by atoms with Crippen LogP contribution in [0.3, 0.4) is 0 Å². The summed E-state index contributed by atoms with van der Waals surface area (Å²) in [4.78, 5) is 25.8. The summed E-state index contributed by atoms with van der Waals surface area (Å²) in [7, 11) is 0. The second kappa shape index (κ2) is 7.45. The van der Waals surface area contributed by atoms with E-state index in [1.54, 1.807) is 12.1 Å². The van der Waals surface area contributed by atoms with Crippen molar-refractivity contribution in [1.29, 1.82) is 0 Å². The van der Waals surface area contributed by atoms with Gasteiger partial charge in [-0.1, -0.05) is 84.9 Å². The molecule has 0 aromatic heterocycles. The van der Waals surface area contributed by atoms with Crippen molar-refractivity contribution in [2.24, 2.45) is 0 Å². The van der Waals surface area contributed by atoms with Crippen LogP contribution in [-0.2, 0) is 9.53 Å². The third-order valence-electron chi connectivity index (χ3n) is 5.39. The molecule has 3 aromatic rings. The summed E-state index contributed by atoms with van der Waals surface area (Å²) in [5.41, 5.74) is 5.87. The highest BCUT2D eigenvalue weighted by Crippen LogP contribution is 2.36. The lowest BCUT2D eigenvalue weighted by atomic mass is 9.82. The standard InChI is InChI=1S/C27H18O3/c28-26-22-14-8-7-13-20(22)15-24-25(26)21(17-30-27(24)29)16-23(18-9-3-1-4-10-18)19-11-5-2-6-12-19/h1-16H,17H2. The highest BCUT2D eigenvalue weighted by Gasteiger charge is 2.34. The monoisotopic (exact) mass is 390 g/mol. The van der Waals surface area contributed by atoms with E-state index < -0.39 is 5.97 Å². The van der Waals surface area contributed by atoms with Crippen molar-refractivity contribution in [3.05, 3.63) is 130 Å². The van der Waals surface area contributed by atoms with Gasteiger partial charge in [-0.25, -0.2) is 4.79 Å². The summed E-state index contributed by atoms with van der Waals surface area (Å²) in [6.45, 7) is 0.0720. The van der Waals surface area contributed by atoms with Crippen LogP contribution in [0.2, 0.25) is 0 Å². The molecule has 3 nitrogen and oxygen atoms in total. The Balaban J connectivity index is 1.74. The topological polar surface area (TPSA) is 43.4 Å². The lowest BCUT2D eigenvalue weighted by Gasteiger charge is -2.25. The summed E-state index contributed by atoms with van der Waals surface area (Å²) in [6, 6.07) is 27.4. The summed E-state index contributed by atoms with van der Waals surface area (Å²) in [5, 5.41) is 0. The van der Waals surface area contributed by atoms with Crippen molar-refractivity contribution in [3.8, 4) is 0 Å². The minimum Gasteiger partial charge on any atom is -0.457 e. The van der Waals surface area contributed by atoms with Gasteiger partial charge in [0.2, 0.25) is 0 Å². The summed E-state index contributed by atoms with van der Waals surface area (Å²) >= 11 is 0. The first-order valence-corrected chi connectivity index (χ1v) is 9.81. The second-order valence-corrected chi connectivity index (χ2v) is 7.24. The Hall–Kier alpha value is -3.98. The largest absolute Gasteiger partial charge is 0.457 e. The Kier molecular flexibility index (Phi) is 4.49. The molecule has 0 fully saturated rings. The van der Waals surface area contributed by atoms with Gasteiger partial charge in [0.25, 0.3) is 0 Å². The number of rotatable bonds is 3. The van der Waals surface area contributed by atoms with Gasteiger partial charge in [-0.3, -0.25) is 4.79 Å². The molecule has 30 heavy (non-hydrogen) atoms. The van der Waals surface area contributed by atoms with Crippen LogP contribution in [0.15, 0.2) is 108 Å². The molecule has 0 spiro atoms. The number of cyclic esters (lactones) is 1. The third kappa shape index (κ3) is 3.11. The molecule has 3 heteroatoms. The number of fused-ring (bicyclic) bond motifs is 2. The van der Waals surface area contributed by atoms with Gasteiger partial charge in [-0.05, 0) is 34.4 Å². The van der Waals surface area contributed by atoms with E-state index in [4.69, 9.17) is 4.74 Å². The molecule has 0 saturated heterocycles. The number of esters is 1. The van der Waals surface area contributed by atoms with Crippen LogP contribution in [-0.4, -0.2) is 18.4 Å². The van der Waals surface area contributed by atoms with Gasteiger partial charge in [-0.2, -0.15) is 0 Å². The Labute approximate surface area is 174 Å². The summed E-state index contributed by atoms with van der Waals surface area (Å²) in [5.74, 6) is -0.586. The minimum absolute atomic E-state index is 0.0720. The van der Waals surface area contributed by atoms with Crippen molar-refractivity contribution in [3.63, 3.8) is 0 Å². The molecule has 1 aliphatic carbocycles. The number of Topliss-reactive ketones (excluding diaryl/α,β-unsaturated/α-hetero) is 1. The fourth-order valence-corrected chi connectivity index (χ4v) is 3.94. The average molecular weight is 390 g/mol. The van der Waals surface area contributed by atoms with Gasteiger partial charge >= 0.3 is 5.97 Å². The Morgan fingerprint density at radius 2 is 1.37 bits per heavy atom. The molecule has 0 unspecified atom stereocenters. The number of carbonyl (C=O) groups excluding carboxylic acids is 2. The smallest absolute Gasteiger partial charge is 0.339 e. The molecule has 5 rings (SSSR count). The fraction of sp³-hybridized carbons (Fsp3) is 0.0370. The van der Waals surface area contributed by atoms with Crippen molar-refractivity contribution in [2.45, 2.75) is 0 Å². The van der Waals surface area contributed by atoms with E-state index >= 15 is 0 Å². The number of hydrogen-bond acceptors (Lipinski definition) is 3. The van der Waals surface area contributed by atoms with Gasteiger partial charge < -0.3 is 4.74 Å². The van der Waals surface area contributed by atoms with Gasteiger partial charge in [0.15, 0.2) is 5.78 Å². The zero-order valence-corrected chi connectivity index (χ0v) is 16.2. The molecule has 2 aliphatic rings. The molecule has 0 amide bonds. The van der Waals surface area contributed by atoms with Crippen LogP contribution < -0.4 is 0 Å². The molecule has 3 aromatic carbocycles. The highest BCUT2D eigenvalue weighted by molar-refractivity contribution is 6.24. The third-order valence-corrected chi connectivity index (χ3v) is 5.39. The van der Waals surface area contributed by atoms with E-state index in [9.17, 15) is 9.59 Å². The maximum absolute atomic E-state index is 13.3. The van der Waals surface area contributed by atoms with E-state index in [-0.39, 0.29) is 12.4 Å². The van der Waals surface area contributed by atoms with E-state index in [1.807, 2.05) is 84.9 Å². The molecule has 0 N–H and O–H groups in total. The lowest BCUT2D eigenvalue weighted by molar-refractivity contribution is -0.138. The maximum Gasteiger partial charge on any atom is 0.339 e. The number of hydrogen-bond donors (Lipinski definition) is 0. The zero-order valence-electron chi connectivity index (χ0n) is 16.2. The quantitative estimate of drug-likeness (QED) is 0.574. The van der Waals surface area contributed by atoms with Crippen molar-refractivity contribution < 1.29 is 14.3 Å². The van der Waals surface area contributed by atoms with E-state index in [2.05, 4.69) is 0 Å². The van der Waals surface area contributed by atoms with Crippen LogP contribution in [0.1, 0.15) is 27.0 Å². The molecule has 1 heterocycles. The Bertz CT molecular complexity index is 1200. The second-order valence-electron chi connectivity index (χ2n) is 7.24. The normalized spacial score (nSPS) is 15.0. The molecule has 0 radical (unpaired) electrons. The predicted molar refractivity (Wildman–Crippen MR) is 117 cm³/mol. The first kappa shape index (κ1) is 18.1. The summed E-state index contributed by atoms with van der Waals surface area (Å²) < 4.78 is 5.43. The molecule has 0 saturated carbocycles. The zero-order chi connectivity index (χ0) is 20.5. The van der Waals surface area contributed by atoms with Crippen LogP contribution in [0.5, 0.6) is 0 Å². The molecule has 0 atom stereocenters. The lowest BCUT2D eigenvalue weighted by Crippen LogP contribution is -2.26. The van der Waals surface area contributed by atoms with E-state index in [0.29, 0.717) is 22.3 Å². The van der Waals surface area contributed by atoms with Gasteiger partial charge in [-0.15, -0.1) is 0 Å². The number of benzene rings is 3. The van der Waals surface area contributed by atoms with Crippen molar-refractivity contribution >= 4 is 23.4 Å². The van der Waals surface area contributed by atoms with E-state index in [1.165, 1.54) is 0 Å².